The lowest BCUT2D eigenvalue weighted by molar-refractivity contribution is -0.385. The average molecular weight is 542 g/mol. The zero-order chi connectivity index (χ0) is 24.0. The highest BCUT2D eigenvalue weighted by Crippen LogP contribution is 2.35. The number of hydrogen-bond donors (Lipinski definition) is 1. The minimum absolute atomic E-state index is 0.0915. The first-order valence-electron chi connectivity index (χ1n) is 10.6. The number of piperazine rings is 1. The van der Waals surface area contributed by atoms with E-state index in [4.69, 9.17) is 0 Å². The van der Waals surface area contributed by atoms with Crippen molar-refractivity contribution in [3.8, 4) is 0 Å². The van der Waals surface area contributed by atoms with E-state index in [9.17, 15) is 23.6 Å². The second kappa shape index (κ2) is 11.3. The van der Waals surface area contributed by atoms with Crippen LogP contribution in [-0.4, -0.2) is 83.8 Å². The number of aliphatic hydroxyl groups excluding tert-OH is 1. The Labute approximate surface area is 202 Å². The smallest absolute Gasteiger partial charge is 0.271 e. The summed E-state index contributed by atoms with van der Waals surface area (Å²) in [6.45, 7) is 4.52. The Morgan fingerprint density at radius 2 is 1.85 bits per heavy atom. The highest BCUT2D eigenvalue weighted by Gasteiger charge is 2.34. The van der Waals surface area contributed by atoms with E-state index in [0.29, 0.717) is 42.8 Å². The third-order valence-corrected chi connectivity index (χ3v) is 7.87. The van der Waals surface area contributed by atoms with Gasteiger partial charge in [0, 0.05) is 75.7 Å². The topological polar surface area (TPSA) is 120 Å². The first kappa shape index (κ1) is 25.5. The van der Waals surface area contributed by atoms with E-state index >= 15 is 0 Å². The van der Waals surface area contributed by atoms with Gasteiger partial charge in [-0.15, -0.1) is 0 Å². The molecule has 1 N–H and O–H groups in total. The number of aromatic nitrogens is 1. The van der Waals surface area contributed by atoms with Gasteiger partial charge in [-0.25, -0.2) is 8.42 Å². The largest absolute Gasteiger partial charge is 0.395 e. The molecule has 10 nitrogen and oxygen atoms in total. The third-order valence-electron chi connectivity index (χ3n) is 5.61. The zero-order valence-electron chi connectivity index (χ0n) is 18.4. The van der Waals surface area contributed by atoms with E-state index < -0.39 is 14.9 Å². The van der Waals surface area contributed by atoms with Crippen molar-refractivity contribution in [2.24, 2.45) is 0 Å². The predicted octanol–water partition coefficient (Wildman–Crippen LogP) is 2.00. The monoisotopic (exact) mass is 541 g/mol. The van der Waals surface area contributed by atoms with Crippen LogP contribution in [0, 0.1) is 17.0 Å². The molecule has 2 aromatic rings. The van der Waals surface area contributed by atoms with Gasteiger partial charge in [0.2, 0.25) is 10.0 Å². The summed E-state index contributed by atoms with van der Waals surface area (Å²) in [6, 6.07) is 6.38. The molecule has 0 amide bonds. The molecule has 0 atom stereocenters. The lowest BCUT2D eigenvalue weighted by atomic mass is 10.1. The van der Waals surface area contributed by atoms with Crippen molar-refractivity contribution in [2.75, 3.05) is 56.1 Å². The third kappa shape index (κ3) is 6.07. The van der Waals surface area contributed by atoms with Gasteiger partial charge in [0.1, 0.15) is 4.90 Å². The molecule has 0 aliphatic carbocycles. The number of anilines is 1. The Morgan fingerprint density at radius 1 is 1.18 bits per heavy atom. The lowest BCUT2D eigenvalue weighted by Gasteiger charge is -2.35. The van der Waals surface area contributed by atoms with E-state index in [1.54, 1.807) is 24.2 Å². The van der Waals surface area contributed by atoms with Crippen molar-refractivity contribution >= 4 is 37.3 Å². The summed E-state index contributed by atoms with van der Waals surface area (Å²) in [6.07, 6.45) is 3.46. The van der Waals surface area contributed by atoms with Gasteiger partial charge in [-0.1, -0.05) is 15.9 Å². The lowest BCUT2D eigenvalue weighted by Crippen LogP contribution is -2.48. The minimum atomic E-state index is -4.00. The Kier molecular flexibility index (Phi) is 8.76. The first-order chi connectivity index (χ1) is 15.8. The number of nitro groups is 1. The van der Waals surface area contributed by atoms with E-state index in [1.165, 1.54) is 10.4 Å². The van der Waals surface area contributed by atoms with Crippen molar-refractivity contribution in [1.82, 2.24) is 14.2 Å². The van der Waals surface area contributed by atoms with E-state index in [2.05, 4.69) is 25.8 Å². The molecule has 0 bridgehead atoms. The molecule has 12 heteroatoms. The van der Waals surface area contributed by atoms with Crippen LogP contribution < -0.4 is 4.90 Å². The maximum absolute atomic E-state index is 13.7. The Hall–Kier alpha value is -2.12. The zero-order valence-corrected chi connectivity index (χ0v) is 20.8. The highest BCUT2D eigenvalue weighted by molar-refractivity contribution is 9.09. The van der Waals surface area contributed by atoms with E-state index in [0.717, 1.165) is 11.6 Å². The summed E-state index contributed by atoms with van der Waals surface area (Å²) in [5, 5.41) is 21.6. The van der Waals surface area contributed by atoms with Crippen molar-refractivity contribution in [2.45, 2.75) is 18.4 Å². The molecule has 2 heterocycles. The van der Waals surface area contributed by atoms with E-state index in [1.807, 2.05) is 12.1 Å². The maximum Gasteiger partial charge on any atom is 0.271 e. The van der Waals surface area contributed by atoms with Gasteiger partial charge < -0.3 is 10.0 Å². The molecule has 33 heavy (non-hydrogen) atoms. The molecule has 0 unspecified atom stereocenters. The first-order valence-corrected chi connectivity index (χ1v) is 13.2. The van der Waals surface area contributed by atoms with Crippen LogP contribution in [0.2, 0.25) is 0 Å². The average Bonchev–Trinajstić information content (AvgIpc) is 2.79. The predicted molar refractivity (Wildman–Crippen MR) is 129 cm³/mol. The van der Waals surface area contributed by atoms with Crippen LogP contribution in [-0.2, 0) is 16.6 Å². The number of benzene rings is 1. The van der Waals surface area contributed by atoms with Gasteiger partial charge in [0.05, 0.1) is 17.2 Å². The van der Waals surface area contributed by atoms with Crippen LogP contribution in [0.25, 0.3) is 0 Å². The second-order valence-electron chi connectivity index (χ2n) is 7.80. The fourth-order valence-electron chi connectivity index (χ4n) is 4.01. The molecule has 180 valence electrons. The summed E-state index contributed by atoms with van der Waals surface area (Å²) in [7, 11) is -4.00. The van der Waals surface area contributed by atoms with Crippen LogP contribution >= 0.6 is 15.9 Å². The van der Waals surface area contributed by atoms with Crippen LogP contribution in [0.1, 0.15) is 11.1 Å². The molecule has 0 spiro atoms. The van der Waals surface area contributed by atoms with Gasteiger partial charge in [-0.2, -0.15) is 4.31 Å². The van der Waals surface area contributed by atoms with Crippen LogP contribution in [0.5, 0.6) is 0 Å². The highest BCUT2D eigenvalue weighted by atomic mass is 79.9. The van der Waals surface area contributed by atoms with Crippen molar-refractivity contribution in [1.29, 1.82) is 0 Å². The number of pyridine rings is 1. The van der Waals surface area contributed by atoms with Crippen LogP contribution in [0.3, 0.4) is 0 Å². The van der Waals surface area contributed by atoms with Gasteiger partial charge in [-0.3, -0.25) is 20.0 Å². The van der Waals surface area contributed by atoms with Crippen molar-refractivity contribution < 1.29 is 18.4 Å². The van der Waals surface area contributed by atoms with Crippen molar-refractivity contribution in [3.05, 3.63) is 57.9 Å². The molecule has 3 rings (SSSR count). The fourth-order valence-corrected chi connectivity index (χ4v) is 6.16. The molecular formula is C21H28BrN5O5S. The number of aryl methyl sites for hydroxylation is 1. The summed E-state index contributed by atoms with van der Waals surface area (Å²) in [5.41, 5.74) is 1.71. The number of nitro benzene ring substituents is 1. The summed E-state index contributed by atoms with van der Waals surface area (Å²) >= 11 is 3.36. The number of alkyl halides is 1. The molecule has 0 saturated carbocycles. The molecule has 1 aromatic heterocycles. The number of rotatable bonds is 10. The molecule has 1 saturated heterocycles. The van der Waals surface area contributed by atoms with Gasteiger partial charge in [0.15, 0.2) is 0 Å². The summed E-state index contributed by atoms with van der Waals surface area (Å²) in [4.78, 5) is 18.7. The standard InChI is InChI=1S/C21H28BrN5O5S/c1-17-14-19(27(29)30)15-20(21(17)25(7-4-22)12-13-28)33(31,32)26-10-8-24(9-11-26)16-18-2-5-23-6-3-18/h2-3,5-6,14-15,28H,4,7-13,16H2,1H3. The Balaban J connectivity index is 1.90. The molecule has 1 aliphatic heterocycles. The number of halogens is 1. The quantitative estimate of drug-likeness (QED) is 0.275. The van der Waals surface area contributed by atoms with Gasteiger partial charge >= 0.3 is 0 Å². The van der Waals surface area contributed by atoms with Gasteiger partial charge in [0.25, 0.3) is 5.69 Å². The van der Waals surface area contributed by atoms with E-state index in [-0.39, 0.29) is 36.8 Å². The summed E-state index contributed by atoms with van der Waals surface area (Å²) in [5.74, 6) is 0. The maximum atomic E-state index is 13.7. The van der Waals surface area contributed by atoms with Crippen molar-refractivity contribution in [3.63, 3.8) is 0 Å². The fraction of sp³-hybridized carbons (Fsp3) is 0.476. The molecule has 1 aliphatic rings. The normalized spacial score (nSPS) is 15.5. The van der Waals surface area contributed by atoms with Gasteiger partial charge in [-0.05, 0) is 30.2 Å². The Morgan fingerprint density at radius 3 is 2.42 bits per heavy atom. The SMILES string of the molecule is Cc1cc([N+](=O)[O-])cc(S(=O)(=O)N2CCN(Cc3ccncc3)CC2)c1N(CCO)CCBr. The molecule has 0 radical (unpaired) electrons. The second-order valence-corrected chi connectivity index (χ2v) is 10.5. The number of nitrogens with zero attached hydrogens (tertiary/aromatic N) is 5. The number of hydrogen-bond acceptors (Lipinski definition) is 8. The minimum Gasteiger partial charge on any atom is -0.395 e. The van der Waals surface area contributed by atoms with Crippen LogP contribution in [0.4, 0.5) is 11.4 Å². The number of sulfonamides is 1. The summed E-state index contributed by atoms with van der Waals surface area (Å²) < 4.78 is 28.8. The van der Waals surface area contributed by atoms with Crippen LogP contribution in [0.15, 0.2) is 41.6 Å². The molecular weight excluding hydrogens is 514 g/mol. The Bertz CT molecular complexity index is 1060. The molecule has 1 aromatic carbocycles. The number of aliphatic hydroxyl groups is 1. The molecule has 1 fully saturated rings. The number of non-ortho nitro benzene ring substituents is 1.